The molecule has 186 valence electrons. The number of rotatable bonds is 9. The zero-order valence-electron chi connectivity index (χ0n) is 19.1. The highest BCUT2D eigenvalue weighted by atomic mass is 35.5. The summed E-state index contributed by atoms with van der Waals surface area (Å²) < 4.78 is 30.1. The van der Waals surface area contributed by atoms with Crippen molar-refractivity contribution in [3.05, 3.63) is 95.3 Å². The maximum atomic E-state index is 14.6. The first-order valence-corrected chi connectivity index (χ1v) is 11.0. The molecule has 1 aromatic carbocycles. The largest absolute Gasteiger partial charge is 0.395 e. The SMILES string of the molecule is C=C/C=C(\C=C/C)n1nc(C(=O)NCCO)cc1NC(=O)c1cc(-c2ncccc2F)c(F)cc1Cl. The molecule has 0 spiro atoms. The smallest absolute Gasteiger partial charge is 0.271 e. The lowest BCUT2D eigenvalue weighted by atomic mass is 10.1. The minimum atomic E-state index is -0.855. The topological polar surface area (TPSA) is 109 Å². The molecule has 0 radical (unpaired) electrons. The van der Waals surface area contributed by atoms with Crippen molar-refractivity contribution in [3.63, 3.8) is 0 Å². The average molecular weight is 514 g/mol. The number of aromatic nitrogens is 3. The number of allylic oxidation sites excluding steroid dienone is 5. The Morgan fingerprint density at radius 2 is 2.00 bits per heavy atom. The third-order valence-electron chi connectivity index (χ3n) is 4.77. The van der Waals surface area contributed by atoms with Gasteiger partial charge in [0.25, 0.3) is 11.8 Å². The Bertz CT molecular complexity index is 1370. The third-order valence-corrected chi connectivity index (χ3v) is 5.08. The highest BCUT2D eigenvalue weighted by Gasteiger charge is 2.22. The first-order valence-electron chi connectivity index (χ1n) is 10.7. The summed E-state index contributed by atoms with van der Waals surface area (Å²) in [5.41, 5.74) is -0.262. The number of halogens is 3. The first kappa shape index (κ1) is 26.5. The second-order valence-electron chi connectivity index (χ2n) is 7.23. The van der Waals surface area contributed by atoms with E-state index >= 15 is 0 Å². The summed E-state index contributed by atoms with van der Waals surface area (Å²) in [5.74, 6) is -2.88. The van der Waals surface area contributed by atoms with Crippen LogP contribution in [0.1, 0.15) is 27.8 Å². The van der Waals surface area contributed by atoms with E-state index in [1.165, 1.54) is 29.1 Å². The molecule has 0 fully saturated rings. The fourth-order valence-electron chi connectivity index (χ4n) is 3.20. The van der Waals surface area contributed by atoms with Gasteiger partial charge in [-0.1, -0.05) is 30.3 Å². The van der Waals surface area contributed by atoms with Crippen molar-refractivity contribution in [2.45, 2.75) is 6.92 Å². The van der Waals surface area contributed by atoms with Crippen LogP contribution in [0, 0.1) is 11.6 Å². The Hall–Kier alpha value is -4.15. The normalized spacial score (nSPS) is 11.5. The summed E-state index contributed by atoms with van der Waals surface area (Å²) >= 11 is 6.14. The van der Waals surface area contributed by atoms with Gasteiger partial charge in [0.1, 0.15) is 23.1 Å². The van der Waals surface area contributed by atoms with Gasteiger partial charge < -0.3 is 15.7 Å². The summed E-state index contributed by atoms with van der Waals surface area (Å²) in [6.07, 6.45) is 7.79. The van der Waals surface area contributed by atoms with E-state index in [4.69, 9.17) is 16.7 Å². The molecule has 0 aliphatic carbocycles. The molecule has 0 saturated carbocycles. The average Bonchev–Trinajstić information content (AvgIpc) is 3.26. The van der Waals surface area contributed by atoms with Crippen LogP contribution in [0.2, 0.25) is 5.02 Å². The van der Waals surface area contributed by atoms with Gasteiger partial charge in [0, 0.05) is 24.4 Å². The number of hydrogen-bond acceptors (Lipinski definition) is 5. The van der Waals surface area contributed by atoms with Crippen molar-refractivity contribution < 1.29 is 23.5 Å². The van der Waals surface area contributed by atoms with Crippen LogP contribution < -0.4 is 10.6 Å². The molecule has 3 aromatic rings. The van der Waals surface area contributed by atoms with Gasteiger partial charge in [-0.25, -0.2) is 13.5 Å². The van der Waals surface area contributed by atoms with E-state index in [-0.39, 0.29) is 46.5 Å². The standard InChI is InChI=1S/C25H22ClF2N5O3/c1-3-6-15(7-4-2)33-22(14-21(32-33)25(36)30-10-11-34)31-24(35)16-12-17(20(28)13-18(16)26)23-19(27)8-5-9-29-23/h3-9,12-14,34H,1,10-11H2,2H3,(H,30,36)(H,31,35)/b7-4-,15-6+. The number of nitrogens with zero attached hydrogens (tertiary/aromatic N) is 3. The van der Waals surface area contributed by atoms with E-state index in [1.807, 2.05) is 0 Å². The molecule has 11 heteroatoms. The zero-order chi connectivity index (χ0) is 26.2. The van der Waals surface area contributed by atoms with Gasteiger partial charge in [-0.2, -0.15) is 5.10 Å². The summed E-state index contributed by atoms with van der Waals surface area (Å²) in [7, 11) is 0. The van der Waals surface area contributed by atoms with Crippen molar-refractivity contribution >= 4 is 34.9 Å². The molecular formula is C25H22ClF2N5O3. The Morgan fingerprint density at radius 3 is 2.67 bits per heavy atom. The predicted molar refractivity (Wildman–Crippen MR) is 133 cm³/mol. The van der Waals surface area contributed by atoms with Crippen LogP contribution in [0.4, 0.5) is 14.6 Å². The van der Waals surface area contributed by atoms with E-state index in [0.717, 1.165) is 18.2 Å². The molecule has 3 rings (SSSR count). The number of anilines is 1. The number of carbonyl (C=O) groups is 2. The zero-order valence-corrected chi connectivity index (χ0v) is 19.9. The lowest BCUT2D eigenvalue weighted by Crippen LogP contribution is -2.26. The molecule has 0 atom stereocenters. The predicted octanol–water partition coefficient (Wildman–Crippen LogP) is 4.45. The fraction of sp³-hybridized carbons (Fsp3) is 0.120. The van der Waals surface area contributed by atoms with E-state index in [9.17, 15) is 18.4 Å². The number of carbonyl (C=O) groups excluding carboxylic acids is 2. The van der Waals surface area contributed by atoms with Gasteiger partial charge in [0.05, 0.1) is 22.9 Å². The quantitative estimate of drug-likeness (QED) is 0.366. The Kier molecular flexibility index (Phi) is 8.82. The number of pyridine rings is 1. The molecule has 0 aliphatic rings. The van der Waals surface area contributed by atoms with Crippen LogP contribution in [0.3, 0.4) is 0 Å². The van der Waals surface area contributed by atoms with Crippen LogP contribution >= 0.6 is 11.6 Å². The molecule has 0 unspecified atom stereocenters. The minimum Gasteiger partial charge on any atom is -0.395 e. The molecule has 2 amide bonds. The van der Waals surface area contributed by atoms with Crippen molar-refractivity contribution in [1.29, 1.82) is 0 Å². The van der Waals surface area contributed by atoms with Gasteiger partial charge in [-0.05, 0) is 43.3 Å². The number of aliphatic hydroxyl groups is 1. The van der Waals surface area contributed by atoms with Gasteiger partial charge in [-0.3, -0.25) is 14.6 Å². The van der Waals surface area contributed by atoms with Crippen LogP contribution in [0.25, 0.3) is 17.0 Å². The summed E-state index contributed by atoms with van der Waals surface area (Å²) in [4.78, 5) is 29.5. The summed E-state index contributed by atoms with van der Waals surface area (Å²) in [6.45, 7) is 5.17. The van der Waals surface area contributed by atoms with Crippen molar-refractivity contribution in [1.82, 2.24) is 20.1 Å². The van der Waals surface area contributed by atoms with Crippen molar-refractivity contribution in [2.75, 3.05) is 18.5 Å². The Labute approximate surface area is 210 Å². The van der Waals surface area contributed by atoms with Gasteiger partial charge in [-0.15, -0.1) is 0 Å². The molecule has 8 nitrogen and oxygen atoms in total. The number of benzene rings is 1. The lowest BCUT2D eigenvalue weighted by molar-refractivity contribution is 0.0938. The van der Waals surface area contributed by atoms with Crippen LogP contribution in [0.15, 0.2) is 67.4 Å². The molecular weight excluding hydrogens is 492 g/mol. The highest BCUT2D eigenvalue weighted by Crippen LogP contribution is 2.30. The number of hydrogen-bond donors (Lipinski definition) is 3. The maximum absolute atomic E-state index is 14.6. The summed E-state index contributed by atoms with van der Waals surface area (Å²) in [5, 5.41) is 18.1. The van der Waals surface area contributed by atoms with Gasteiger partial charge in [0.2, 0.25) is 0 Å². The van der Waals surface area contributed by atoms with Gasteiger partial charge in [0.15, 0.2) is 5.69 Å². The van der Waals surface area contributed by atoms with E-state index in [2.05, 4.69) is 27.3 Å². The van der Waals surface area contributed by atoms with E-state index < -0.39 is 23.4 Å². The Morgan fingerprint density at radius 1 is 1.22 bits per heavy atom. The lowest BCUT2D eigenvalue weighted by Gasteiger charge is -2.12. The van der Waals surface area contributed by atoms with Crippen LogP contribution in [0.5, 0.6) is 0 Å². The minimum absolute atomic E-state index is 0.00957. The maximum Gasteiger partial charge on any atom is 0.271 e. The highest BCUT2D eigenvalue weighted by molar-refractivity contribution is 6.34. The molecule has 0 saturated heterocycles. The van der Waals surface area contributed by atoms with Gasteiger partial charge >= 0.3 is 0 Å². The number of aliphatic hydroxyl groups excluding tert-OH is 1. The molecule has 36 heavy (non-hydrogen) atoms. The molecule has 0 bridgehead atoms. The number of amides is 2. The van der Waals surface area contributed by atoms with Crippen molar-refractivity contribution in [3.8, 4) is 11.3 Å². The van der Waals surface area contributed by atoms with E-state index in [1.54, 1.807) is 25.2 Å². The fourth-order valence-corrected chi connectivity index (χ4v) is 3.43. The van der Waals surface area contributed by atoms with Crippen LogP contribution in [-0.2, 0) is 0 Å². The van der Waals surface area contributed by atoms with E-state index in [0.29, 0.717) is 5.70 Å². The summed E-state index contributed by atoms with van der Waals surface area (Å²) in [6, 6.07) is 5.79. The monoisotopic (exact) mass is 513 g/mol. The molecule has 2 heterocycles. The first-order chi connectivity index (χ1) is 17.3. The molecule has 3 N–H and O–H groups in total. The Balaban J connectivity index is 2.05. The molecule has 2 aromatic heterocycles. The second-order valence-corrected chi connectivity index (χ2v) is 7.64. The van der Waals surface area contributed by atoms with Crippen LogP contribution in [-0.4, -0.2) is 44.8 Å². The molecule has 0 aliphatic heterocycles. The van der Waals surface area contributed by atoms with Crippen molar-refractivity contribution in [2.24, 2.45) is 0 Å². The third kappa shape index (κ3) is 5.91. The number of nitrogens with one attached hydrogen (secondary N) is 2. The second kappa shape index (κ2) is 12.0.